The van der Waals surface area contributed by atoms with Gasteiger partial charge in [-0.25, -0.2) is 0 Å². The highest BCUT2D eigenvalue weighted by atomic mass is 16.5. The lowest BCUT2D eigenvalue weighted by molar-refractivity contribution is -0.124. The number of nitrogens with one attached hydrogen (secondary N) is 1. The van der Waals surface area contributed by atoms with E-state index in [2.05, 4.69) is 5.32 Å². The summed E-state index contributed by atoms with van der Waals surface area (Å²) >= 11 is 0. The van der Waals surface area contributed by atoms with Crippen LogP contribution in [0.4, 0.5) is 0 Å². The van der Waals surface area contributed by atoms with Gasteiger partial charge < -0.3 is 15.2 Å². The molecule has 0 fully saturated rings. The Morgan fingerprint density at radius 2 is 1.95 bits per heavy atom. The Morgan fingerprint density at radius 1 is 1.19 bits per heavy atom. The van der Waals surface area contributed by atoms with Gasteiger partial charge in [0.2, 0.25) is 0 Å². The predicted molar refractivity (Wildman–Crippen MR) is 81.1 cm³/mol. The molecule has 0 saturated heterocycles. The van der Waals surface area contributed by atoms with E-state index in [-0.39, 0.29) is 19.1 Å². The highest BCUT2D eigenvalue weighted by Gasteiger charge is 2.13. The Kier molecular flexibility index (Phi) is 5.35. The second-order valence-corrected chi connectivity index (χ2v) is 4.82. The molecular weight excluding hydrogens is 266 g/mol. The molecule has 0 aliphatic heterocycles. The summed E-state index contributed by atoms with van der Waals surface area (Å²) in [5, 5.41) is 12.1. The molecule has 0 spiro atoms. The van der Waals surface area contributed by atoms with E-state index in [1.807, 2.05) is 55.5 Å². The van der Waals surface area contributed by atoms with Crippen molar-refractivity contribution in [3.05, 3.63) is 65.7 Å². The minimum atomic E-state index is -0.417. The number of aliphatic hydroxyl groups excluding tert-OH is 1. The van der Waals surface area contributed by atoms with Gasteiger partial charge in [0.25, 0.3) is 5.91 Å². The van der Waals surface area contributed by atoms with Gasteiger partial charge in [-0.1, -0.05) is 42.5 Å². The molecule has 110 valence electrons. The van der Waals surface area contributed by atoms with Crippen molar-refractivity contribution < 1.29 is 14.6 Å². The molecule has 0 radical (unpaired) electrons. The second kappa shape index (κ2) is 7.45. The molecule has 0 aromatic heterocycles. The summed E-state index contributed by atoms with van der Waals surface area (Å²) in [7, 11) is 0. The van der Waals surface area contributed by atoms with Gasteiger partial charge in [0.1, 0.15) is 5.75 Å². The van der Waals surface area contributed by atoms with Crippen LogP contribution < -0.4 is 10.1 Å². The standard InChI is InChI=1S/C17H19NO3/c1-13-6-5-9-15(10-13)21-12-17(20)18-16(11-19)14-7-3-2-4-8-14/h2-10,16,19H,11-12H2,1H3,(H,18,20)/t16-/m1/s1. The lowest BCUT2D eigenvalue weighted by atomic mass is 10.1. The first-order valence-corrected chi connectivity index (χ1v) is 6.83. The molecular formula is C17H19NO3. The van der Waals surface area contributed by atoms with Crippen molar-refractivity contribution in [3.8, 4) is 5.75 Å². The molecule has 1 amide bonds. The first-order chi connectivity index (χ1) is 10.2. The Bertz CT molecular complexity index is 584. The van der Waals surface area contributed by atoms with Crippen LogP contribution in [0.15, 0.2) is 54.6 Å². The van der Waals surface area contributed by atoms with Crippen molar-refractivity contribution in [2.75, 3.05) is 13.2 Å². The fraction of sp³-hybridized carbons (Fsp3) is 0.235. The fourth-order valence-electron chi connectivity index (χ4n) is 2.01. The third-order valence-corrected chi connectivity index (χ3v) is 3.08. The molecule has 0 aliphatic carbocycles. The summed E-state index contributed by atoms with van der Waals surface area (Å²) in [5.74, 6) is 0.393. The number of carbonyl (C=O) groups excluding carboxylic acids is 1. The maximum atomic E-state index is 11.9. The fourth-order valence-corrected chi connectivity index (χ4v) is 2.01. The quantitative estimate of drug-likeness (QED) is 0.855. The summed E-state index contributed by atoms with van der Waals surface area (Å²) in [6.45, 7) is 1.73. The van der Waals surface area contributed by atoms with E-state index in [0.717, 1.165) is 11.1 Å². The molecule has 0 bridgehead atoms. The highest BCUT2D eigenvalue weighted by molar-refractivity contribution is 5.78. The number of amides is 1. The molecule has 0 aliphatic rings. The SMILES string of the molecule is Cc1cccc(OCC(=O)N[C@H](CO)c2ccccc2)c1. The number of benzene rings is 2. The summed E-state index contributed by atoms with van der Waals surface area (Å²) in [4.78, 5) is 11.9. The van der Waals surface area contributed by atoms with E-state index < -0.39 is 6.04 Å². The zero-order chi connectivity index (χ0) is 15.1. The van der Waals surface area contributed by atoms with Crippen LogP contribution >= 0.6 is 0 Å². The number of ether oxygens (including phenoxy) is 1. The normalized spacial score (nSPS) is 11.7. The number of rotatable bonds is 6. The highest BCUT2D eigenvalue weighted by Crippen LogP contribution is 2.13. The van der Waals surface area contributed by atoms with Crippen molar-refractivity contribution in [3.63, 3.8) is 0 Å². The van der Waals surface area contributed by atoms with Gasteiger partial charge in [0.15, 0.2) is 6.61 Å². The van der Waals surface area contributed by atoms with Gasteiger partial charge in [0.05, 0.1) is 12.6 Å². The molecule has 2 aromatic rings. The summed E-state index contributed by atoms with van der Waals surface area (Å²) < 4.78 is 5.44. The number of carbonyl (C=O) groups is 1. The van der Waals surface area contributed by atoms with E-state index in [9.17, 15) is 9.90 Å². The van der Waals surface area contributed by atoms with E-state index >= 15 is 0 Å². The topological polar surface area (TPSA) is 58.6 Å². The Hall–Kier alpha value is -2.33. The van der Waals surface area contributed by atoms with Crippen LogP contribution in [0.3, 0.4) is 0 Å². The van der Waals surface area contributed by atoms with Gasteiger partial charge in [-0.2, -0.15) is 0 Å². The van der Waals surface area contributed by atoms with E-state index in [1.54, 1.807) is 6.07 Å². The third kappa shape index (κ3) is 4.61. The van der Waals surface area contributed by atoms with Crippen molar-refractivity contribution in [2.24, 2.45) is 0 Å². The monoisotopic (exact) mass is 285 g/mol. The van der Waals surface area contributed by atoms with Crippen molar-refractivity contribution >= 4 is 5.91 Å². The van der Waals surface area contributed by atoms with Crippen LogP contribution in [0.5, 0.6) is 5.75 Å². The van der Waals surface area contributed by atoms with Crippen molar-refractivity contribution in [1.29, 1.82) is 0 Å². The molecule has 2 rings (SSSR count). The summed E-state index contributed by atoms with van der Waals surface area (Å²) in [6.07, 6.45) is 0. The summed E-state index contributed by atoms with van der Waals surface area (Å²) in [6, 6.07) is 16.5. The van der Waals surface area contributed by atoms with E-state index in [1.165, 1.54) is 0 Å². The van der Waals surface area contributed by atoms with Gasteiger partial charge >= 0.3 is 0 Å². The predicted octanol–water partition coefficient (Wildman–Crippen LogP) is 2.22. The average Bonchev–Trinajstić information content (AvgIpc) is 2.51. The van der Waals surface area contributed by atoms with Gasteiger partial charge in [-0.05, 0) is 30.2 Å². The van der Waals surface area contributed by atoms with Crippen molar-refractivity contribution in [1.82, 2.24) is 5.32 Å². The van der Waals surface area contributed by atoms with Crippen LogP contribution in [0.1, 0.15) is 17.2 Å². The third-order valence-electron chi connectivity index (χ3n) is 3.08. The van der Waals surface area contributed by atoms with Crippen LogP contribution in [-0.4, -0.2) is 24.2 Å². The van der Waals surface area contributed by atoms with Crippen LogP contribution in [0.2, 0.25) is 0 Å². The molecule has 1 atom stereocenters. The Balaban J connectivity index is 1.89. The zero-order valence-corrected chi connectivity index (χ0v) is 12.0. The van der Waals surface area contributed by atoms with Gasteiger partial charge in [0, 0.05) is 0 Å². The minimum absolute atomic E-state index is 0.0766. The lowest BCUT2D eigenvalue weighted by Crippen LogP contribution is -2.34. The van der Waals surface area contributed by atoms with Crippen molar-refractivity contribution in [2.45, 2.75) is 13.0 Å². The van der Waals surface area contributed by atoms with E-state index in [4.69, 9.17) is 4.74 Å². The zero-order valence-electron chi connectivity index (χ0n) is 12.0. The first kappa shape index (κ1) is 15.1. The maximum Gasteiger partial charge on any atom is 0.258 e. The molecule has 0 unspecified atom stereocenters. The molecule has 2 N–H and O–H groups in total. The number of hydrogen-bond acceptors (Lipinski definition) is 3. The number of hydrogen-bond donors (Lipinski definition) is 2. The molecule has 0 heterocycles. The first-order valence-electron chi connectivity index (χ1n) is 6.83. The Morgan fingerprint density at radius 3 is 2.62 bits per heavy atom. The molecule has 4 nitrogen and oxygen atoms in total. The number of aryl methyl sites for hydroxylation is 1. The van der Waals surface area contributed by atoms with Gasteiger partial charge in [-0.15, -0.1) is 0 Å². The molecule has 4 heteroatoms. The molecule has 2 aromatic carbocycles. The molecule has 0 saturated carbocycles. The smallest absolute Gasteiger partial charge is 0.258 e. The van der Waals surface area contributed by atoms with Crippen LogP contribution in [-0.2, 0) is 4.79 Å². The minimum Gasteiger partial charge on any atom is -0.484 e. The second-order valence-electron chi connectivity index (χ2n) is 4.82. The van der Waals surface area contributed by atoms with Crippen LogP contribution in [0, 0.1) is 6.92 Å². The Labute approximate surface area is 124 Å². The average molecular weight is 285 g/mol. The summed E-state index contributed by atoms with van der Waals surface area (Å²) in [5.41, 5.74) is 1.94. The lowest BCUT2D eigenvalue weighted by Gasteiger charge is -2.17. The van der Waals surface area contributed by atoms with Crippen LogP contribution in [0.25, 0.3) is 0 Å². The number of aliphatic hydroxyl groups is 1. The largest absolute Gasteiger partial charge is 0.484 e. The molecule has 21 heavy (non-hydrogen) atoms. The maximum absolute atomic E-state index is 11.9. The van der Waals surface area contributed by atoms with E-state index in [0.29, 0.717) is 5.75 Å². The van der Waals surface area contributed by atoms with Gasteiger partial charge in [-0.3, -0.25) is 4.79 Å².